The van der Waals surface area contributed by atoms with Gasteiger partial charge in [0.05, 0.1) is 11.7 Å². The number of fused-ring (bicyclic) bond motifs is 1. The summed E-state index contributed by atoms with van der Waals surface area (Å²) < 4.78 is 0. The SMILES string of the molecule is CC(c1nc2c(s1)CCCCCC2)N1CCNCC1. The highest BCUT2D eigenvalue weighted by atomic mass is 32.1. The van der Waals surface area contributed by atoms with Crippen LogP contribution in [0.3, 0.4) is 0 Å². The van der Waals surface area contributed by atoms with Gasteiger partial charge in [-0.3, -0.25) is 4.90 Å². The fraction of sp³-hybridized carbons (Fsp3) is 0.800. The summed E-state index contributed by atoms with van der Waals surface area (Å²) in [5.41, 5.74) is 1.42. The smallest absolute Gasteiger partial charge is 0.110 e. The van der Waals surface area contributed by atoms with E-state index in [1.165, 1.54) is 49.2 Å². The van der Waals surface area contributed by atoms with E-state index in [1.54, 1.807) is 4.88 Å². The molecule has 0 saturated carbocycles. The van der Waals surface area contributed by atoms with E-state index in [9.17, 15) is 0 Å². The van der Waals surface area contributed by atoms with E-state index in [1.807, 2.05) is 11.3 Å². The Hall–Kier alpha value is -0.450. The highest BCUT2D eigenvalue weighted by Crippen LogP contribution is 2.31. The van der Waals surface area contributed by atoms with Crippen LogP contribution in [-0.4, -0.2) is 36.1 Å². The number of aromatic nitrogens is 1. The minimum atomic E-state index is 0.500. The topological polar surface area (TPSA) is 28.2 Å². The molecule has 0 spiro atoms. The fourth-order valence-corrected chi connectivity index (χ4v) is 4.37. The molecule has 19 heavy (non-hydrogen) atoms. The molecule has 0 radical (unpaired) electrons. The molecule has 1 atom stereocenters. The lowest BCUT2D eigenvalue weighted by molar-refractivity contribution is 0.185. The summed E-state index contributed by atoms with van der Waals surface area (Å²) >= 11 is 1.99. The second-order valence-electron chi connectivity index (χ2n) is 5.80. The van der Waals surface area contributed by atoms with Crippen molar-refractivity contribution in [3.8, 4) is 0 Å². The van der Waals surface area contributed by atoms with E-state index >= 15 is 0 Å². The van der Waals surface area contributed by atoms with Crippen LogP contribution in [-0.2, 0) is 12.8 Å². The second kappa shape index (κ2) is 6.33. The van der Waals surface area contributed by atoms with Crippen molar-refractivity contribution >= 4 is 11.3 Å². The molecular weight excluding hydrogens is 254 g/mol. The molecule has 1 unspecified atom stereocenters. The highest BCUT2D eigenvalue weighted by molar-refractivity contribution is 7.11. The number of aryl methyl sites for hydroxylation is 2. The minimum Gasteiger partial charge on any atom is -0.314 e. The first-order valence-electron chi connectivity index (χ1n) is 7.78. The van der Waals surface area contributed by atoms with Crippen LogP contribution in [0, 0.1) is 0 Å². The number of thiazole rings is 1. The quantitative estimate of drug-likeness (QED) is 0.902. The molecular formula is C15H25N3S. The molecule has 1 aromatic heterocycles. The summed E-state index contributed by atoms with van der Waals surface area (Å²) in [4.78, 5) is 9.14. The molecule has 1 saturated heterocycles. The predicted octanol–water partition coefficient (Wildman–Crippen LogP) is 2.77. The zero-order valence-electron chi connectivity index (χ0n) is 12.0. The molecule has 1 aliphatic carbocycles. The number of nitrogens with one attached hydrogen (secondary N) is 1. The third kappa shape index (κ3) is 3.18. The Bertz CT molecular complexity index is 384. The van der Waals surface area contributed by atoms with Crippen molar-refractivity contribution in [1.29, 1.82) is 0 Å². The van der Waals surface area contributed by atoms with Crippen LogP contribution in [0.5, 0.6) is 0 Å². The van der Waals surface area contributed by atoms with Crippen molar-refractivity contribution in [3.63, 3.8) is 0 Å². The van der Waals surface area contributed by atoms with Gasteiger partial charge in [0.25, 0.3) is 0 Å². The van der Waals surface area contributed by atoms with E-state index in [4.69, 9.17) is 4.98 Å². The zero-order valence-corrected chi connectivity index (χ0v) is 12.8. The van der Waals surface area contributed by atoms with Crippen molar-refractivity contribution in [2.75, 3.05) is 26.2 Å². The number of rotatable bonds is 2. The van der Waals surface area contributed by atoms with Crippen molar-refractivity contribution in [2.45, 2.75) is 51.5 Å². The molecule has 3 nitrogen and oxygen atoms in total. The average molecular weight is 279 g/mol. The fourth-order valence-electron chi connectivity index (χ4n) is 3.13. The number of nitrogens with zero attached hydrogens (tertiary/aromatic N) is 2. The summed E-state index contributed by atoms with van der Waals surface area (Å²) in [6.45, 7) is 6.89. The first-order chi connectivity index (χ1) is 9.34. The van der Waals surface area contributed by atoms with Gasteiger partial charge in [-0.2, -0.15) is 0 Å². The van der Waals surface area contributed by atoms with Crippen LogP contribution >= 0.6 is 11.3 Å². The first-order valence-corrected chi connectivity index (χ1v) is 8.59. The maximum Gasteiger partial charge on any atom is 0.110 e. The van der Waals surface area contributed by atoms with Gasteiger partial charge >= 0.3 is 0 Å². The van der Waals surface area contributed by atoms with E-state index in [-0.39, 0.29) is 0 Å². The Morgan fingerprint density at radius 2 is 1.84 bits per heavy atom. The van der Waals surface area contributed by atoms with Gasteiger partial charge < -0.3 is 5.32 Å². The normalized spacial score (nSPS) is 23.4. The molecule has 1 aromatic rings. The molecule has 2 heterocycles. The Morgan fingerprint density at radius 3 is 2.63 bits per heavy atom. The van der Waals surface area contributed by atoms with Gasteiger partial charge in [-0.1, -0.05) is 12.8 Å². The Morgan fingerprint density at radius 1 is 1.11 bits per heavy atom. The standard InChI is InChI=1S/C15H25N3S/c1-12(18-10-8-16-9-11-18)15-17-13-6-4-2-3-5-7-14(13)19-15/h12,16H,2-11H2,1H3. The van der Waals surface area contributed by atoms with Crippen LogP contribution in [0.4, 0.5) is 0 Å². The maximum absolute atomic E-state index is 4.98. The summed E-state index contributed by atoms with van der Waals surface area (Å²) in [6, 6.07) is 0.500. The van der Waals surface area contributed by atoms with Crippen molar-refractivity contribution < 1.29 is 0 Å². The van der Waals surface area contributed by atoms with Crippen LogP contribution in [0.1, 0.15) is 54.2 Å². The van der Waals surface area contributed by atoms with E-state index in [0.717, 1.165) is 26.2 Å². The molecule has 4 heteroatoms. The van der Waals surface area contributed by atoms with Crippen molar-refractivity contribution in [3.05, 3.63) is 15.6 Å². The Labute approximate surface area is 120 Å². The summed E-state index contributed by atoms with van der Waals surface area (Å²) in [5, 5.41) is 4.78. The van der Waals surface area contributed by atoms with Gasteiger partial charge in [-0.05, 0) is 32.6 Å². The highest BCUT2D eigenvalue weighted by Gasteiger charge is 2.22. The lowest BCUT2D eigenvalue weighted by Gasteiger charge is -2.31. The number of piperazine rings is 1. The summed E-state index contributed by atoms with van der Waals surface area (Å²) in [7, 11) is 0. The van der Waals surface area contributed by atoms with Gasteiger partial charge in [-0.15, -0.1) is 11.3 Å². The van der Waals surface area contributed by atoms with Crippen LogP contribution < -0.4 is 5.32 Å². The summed E-state index contributed by atoms with van der Waals surface area (Å²) in [5.74, 6) is 0. The predicted molar refractivity (Wildman–Crippen MR) is 80.8 cm³/mol. The van der Waals surface area contributed by atoms with E-state index in [2.05, 4.69) is 17.1 Å². The van der Waals surface area contributed by atoms with Gasteiger partial charge in [-0.25, -0.2) is 4.98 Å². The van der Waals surface area contributed by atoms with Crippen LogP contribution in [0.25, 0.3) is 0 Å². The maximum atomic E-state index is 4.98. The average Bonchev–Trinajstić information content (AvgIpc) is 2.81. The third-order valence-corrected chi connectivity index (χ3v) is 5.75. The lowest BCUT2D eigenvalue weighted by Crippen LogP contribution is -2.44. The second-order valence-corrected chi connectivity index (χ2v) is 6.91. The van der Waals surface area contributed by atoms with Gasteiger partial charge in [0.1, 0.15) is 5.01 Å². The van der Waals surface area contributed by atoms with Gasteiger partial charge in [0, 0.05) is 31.1 Å². The minimum absolute atomic E-state index is 0.500. The molecule has 106 valence electrons. The molecule has 0 bridgehead atoms. The van der Waals surface area contributed by atoms with E-state index in [0.29, 0.717) is 6.04 Å². The van der Waals surface area contributed by atoms with Crippen LogP contribution in [0.2, 0.25) is 0 Å². The largest absolute Gasteiger partial charge is 0.314 e. The van der Waals surface area contributed by atoms with Gasteiger partial charge in [0.2, 0.25) is 0 Å². The molecule has 3 rings (SSSR count). The molecule has 0 aromatic carbocycles. The molecule has 1 fully saturated rings. The summed E-state index contributed by atoms with van der Waals surface area (Å²) in [6.07, 6.45) is 7.95. The number of hydrogen-bond donors (Lipinski definition) is 1. The van der Waals surface area contributed by atoms with Crippen molar-refractivity contribution in [2.24, 2.45) is 0 Å². The zero-order chi connectivity index (χ0) is 13.1. The molecule has 0 amide bonds. The monoisotopic (exact) mass is 279 g/mol. The van der Waals surface area contributed by atoms with Crippen molar-refractivity contribution in [1.82, 2.24) is 15.2 Å². The van der Waals surface area contributed by atoms with E-state index < -0.39 is 0 Å². The lowest BCUT2D eigenvalue weighted by atomic mass is 10.0. The Balaban J connectivity index is 1.74. The molecule has 2 aliphatic rings. The third-order valence-electron chi connectivity index (χ3n) is 4.42. The molecule has 1 aliphatic heterocycles. The number of hydrogen-bond acceptors (Lipinski definition) is 4. The van der Waals surface area contributed by atoms with Crippen LogP contribution in [0.15, 0.2) is 0 Å². The Kier molecular flexibility index (Phi) is 4.51. The molecule has 1 N–H and O–H groups in total. The van der Waals surface area contributed by atoms with Gasteiger partial charge in [0.15, 0.2) is 0 Å². The first kappa shape index (κ1) is 13.5.